The van der Waals surface area contributed by atoms with Gasteiger partial charge in [0.15, 0.2) is 0 Å². The van der Waals surface area contributed by atoms with E-state index in [4.69, 9.17) is 9.47 Å². The number of hydrogen-bond acceptors (Lipinski definition) is 4. The number of carbonyl (C=O) groups is 2. The highest BCUT2D eigenvalue weighted by molar-refractivity contribution is 9.10. The van der Waals surface area contributed by atoms with Gasteiger partial charge in [0, 0.05) is 29.1 Å². The number of ether oxygens (including phenoxy) is 2. The highest BCUT2D eigenvalue weighted by atomic mass is 79.9. The molecule has 1 fully saturated rings. The smallest absolute Gasteiger partial charge is 0.315 e. The average molecular weight is 382 g/mol. The van der Waals surface area contributed by atoms with E-state index in [1.807, 2.05) is 31.2 Å². The van der Waals surface area contributed by atoms with E-state index in [0.29, 0.717) is 18.9 Å². The lowest BCUT2D eigenvalue weighted by molar-refractivity contribution is -0.150. The van der Waals surface area contributed by atoms with E-state index in [1.165, 1.54) is 0 Å². The fraction of sp³-hybridized carbons (Fsp3) is 0.412. The SMILES string of the molecule is C=C1NC(=O)C[C@@H](c2ccccc2Br)[C@@H]1C(=O)OCCOCC. The van der Waals surface area contributed by atoms with Crippen LogP contribution >= 0.6 is 15.9 Å². The Kier molecular flexibility index (Phi) is 6.36. The summed E-state index contributed by atoms with van der Waals surface area (Å²) in [5.74, 6) is -1.44. The first-order valence-corrected chi connectivity index (χ1v) is 8.31. The van der Waals surface area contributed by atoms with Crippen molar-refractivity contribution in [2.45, 2.75) is 19.3 Å². The third-order valence-corrected chi connectivity index (χ3v) is 4.44. The summed E-state index contributed by atoms with van der Waals surface area (Å²) in [5.41, 5.74) is 1.28. The molecule has 23 heavy (non-hydrogen) atoms. The molecule has 1 amide bonds. The van der Waals surface area contributed by atoms with Crippen LogP contribution in [0.25, 0.3) is 0 Å². The zero-order valence-electron chi connectivity index (χ0n) is 13.0. The van der Waals surface area contributed by atoms with Gasteiger partial charge in [-0.3, -0.25) is 9.59 Å². The number of amides is 1. The second-order valence-electron chi connectivity index (χ2n) is 5.25. The number of nitrogens with one attached hydrogen (secondary N) is 1. The maximum atomic E-state index is 12.5. The molecule has 5 nitrogen and oxygen atoms in total. The molecule has 0 unspecified atom stereocenters. The Labute approximate surface area is 144 Å². The molecule has 124 valence electrons. The number of benzene rings is 1. The topological polar surface area (TPSA) is 64.6 Å². The van der Waals surface area contributed by atoms with Crippen molar-refractivity contribution in [2.24, 2.45) is 5.92 Å². The minimum atomic E-state index is -0.604. The summed E-state index contributed by atoms with van der Waals surface area (Å²) in [5, 5.41) is 2.65. The lowest BCUT2D eigenvalue weighted by Crippen LogP contribution is -2.41. The van der Waals surface area contributed by atoms with Gasteiger partial charge in [0.25, 0.3) is 0 Å². The van der Waals surface area contributed by atoms with Crippen molar-refractivity contribution in [3.8, 4) is 0 Å². The minimum absolute atomic E-state index is 0.144. The second-order valence-corrected chi connectivity index (χ2v) is 6.10. The summed E-state index contributed by atoms with van der Waals surface area (Å²) in [7, 11) is 0. The standard InChI is InChI=1S/C17H20BrNO4/c1-3-22-8-9-23-17(21)16-11(2)19-15(20)10-13(16)12-6-4-5-7-14(12)18/h4-7,13,16H,2-3,8-10H2,1H3,(H,19,20)/t13-,16+/m0/s1. The number of esters is 1. The van der Waals surface area contributed by atoms with E-state index in [9.17, 15) is 9.59 Å². The Balaban J connectivity index is 2.19. The third-order valence-electron chi connectivity index (χ3n) is 3.72. The van der Waals surface area contributed by atoms with Gasteiger partial charge in [-0.15, -0.1) is 0 Å². The Morgan fingerprint density at radius 2 is 2.13 bits per heavy atom. The lowest BCUT2D eigenvalue weighted by Gasteiger charge is -2.32. The zero-order chi connectivity index (χ0) is 16.8. The second kappa shape index (κ2) is 8.26. The van der Waals surface area contributed by atoms with Crippen LogP contribution in [0.2, 0.25) is 0 Å². The molecular weight excluding hydrogens is 362 g/mol. The first kappa shape index (κ1) is 17.7. The molecule has 6 heteroatoms. The maximum Gasteiger partial charge on any atom is 0.315 e. The van der Waals surface area contributed by atoms with Gasteiger partial charge >= 0.3 is 5.97 Å². The Morgan fingerprint density at radius 3 is 2.83 bits per heavy atom. The number of piperidine rings is 1. The first-order chi connectivity index (χ1) is 11.0. The summed E-state index contributed by atoms with van der Waals surface area (Å²) in [6.07, 6.45) is 0.215. The molecule has 0 radical (unpaired) electrons. The van der Waals surface area contributed by atoms with Crippen LogP contribution in [-0.2, 0) is 19.1 Å². The van der Waals surface area contributed by atoms with Crippen molar-refractivity contribution in [1.29, 1.82) is 0 Å². The fourth-order valence-electron chi connectivity index (χ4n) is 2.68. The van der Waals surface area contributed by atoms with Gasteiger partial charge in [0.2, 0.25) is 5.91 Å². The quantitative estimate of drug-likeness (QED) is 0.607. The molecule has 0 bridgehead atoms. The number of hydrogen-bond donors (Lipinski definition) is 1. The van der Waals surface area contributed by atoms with Crippen molar-refractivity contribution in [2.75, 3.05) is 19.8 Å². The predicted molar refractivity (Wildman–Crippen MR) is 89.7 cm³/mol. The molecule has 1 saturated heterocycles. The van der Waals surface area contributed by atoms with E-state index >= 15 is 0 Å². The van der Waals surface area contributed by atoms with E-state index in [-0.39, 0.29) is 24.9 Å². The van der Waals surface area contributed by atoms with Gasteiger partial charge in [-0.05, 0) is 18.6 Å². The monoisotopic (exact) mass is 381 g/mol. The zero-order valence-corrected chi connectivity index (χ0v) is 14.6. The normalized spacial score (nSPS) is 21.0. The molecule has 1 N–H and O–H groups in total. The molecule has 0 spiro atoms. The van der Waals surface area contributed by atoms with Crippen molar-refractivity contribution < 1.29 is 19.1 Å². The van der Waals surface area contributed by atoms with Crippen LogP contribution in [0.5, 0.6) is 0 Å². The molecule has 2 rings (SSSR count). The molecule has 1 heterocycles. The Bertz CT molecular complexity index is 602. The van der Waals surface area contributed by atoms with Gasteiger partial charge in [-0.1, -0.05) is 40.7 Å². The molecule has 1 aromatic rings. The Morgan fingerprint density at radius 1 is 1.39 bits per heavy atom. The summed E-state index contributed by atoms with van der Waals surface area (Å²) >= 11 is 3.49. The predicted octanol–water partition coefficient (Wildman–Crippen LogP) is 2.76. The van der Waals surface area contributed by atoms with Crippen LogP contribution in [0.3, 0.4) is 0 Å². The van der Waals surface area contributed by atoms with Crippen molar-refractivity contribution in [3.05, 3.63) is 46.6 Å². The molecule has 2 atom stereocenters. The minimum Gasteiger partial charge on any atom is -0.463 e. The van der Waals surface area contributed by atoms with Gasteiger partial charge in [-0.25, -0.2) is 0 Å². The molecule has 0 aliphatic carbocycles. The third kappa shape index (κ3) is 4.42. The van der Waals surface area contributed by atoms with Gasteiger partial charge in [0.05, 0.1) is 6.61 Å². The largest absolute Gasteiger partial charge is 0.463 e. The summed E-state index contributed by atoms with van der Waals surface area (Å²) in [6.45, 7) is 6.83. The van der Waals surface area contributed by atoms with Crippen LogP contribution < -0.4 is 5.32 Å². The molecule has 1 aromatic carbocycles. The van der Waals surface area contributed by atoms with E-state index in [1.54, 1.807) is 0 Å². The van der Waals surface area contributed by atoms with E-state index in [2.05, 4.69) is 27.8 Å². The molecule has 1 aliphatic rings. The van der Waals surface area contributed by atoms with Gasteiger partial charge < -0.3 is 14.8 Å². The molecule has 0 aromatic heterocycles. The van der Waals surface area contributed by atoms with Gasteiger partial charge in [0.1, 0.15) is 12.5 Å². The molecule has 1 aliphatic heterocycles. The fourth-order valence-corrected chi connectivity index (χ4v) is 3.25. The summed E-state index contributed by atoms with van der Waals surface area (Å²) in [6, 6.07) is 7.57. The van der Waals surface area contributed by atoms with Crippen molar-refractivity contribution in [1.82, 2.24) is 5.32 Å². The summed E-state index contributed by atoms with van der Waals surface area (Å²) in [4.78, 5) is 24.3. The van der Waals surface area contributed by atoms with Crippen molar-refractivity contribution in [3.63, 3.8) is 0 Å². The van der Waals surface area contributed by atoms with Crippen LogP contribution in [0, 0.1) is 5.92 Å². The average Bonchev–Trinajstić information content (AvgIpc) is 2.51. The van der Waals surface area contributed by atoms with Crippen LogP contribution in [-0.4, -0.2) is 31.7 Å². The first-order valence-electron chi connectivity index (χ1n) is 7.52. The molecule has 0 saturated carbocycles. The number of rotatable bonds is 6. The number of halogens is 1. The highest BCUT2D eigenvalue weighted by Gasteiger charge is 2.39. The maximum absolute atomic E-state index is 12.5. The summed E-state index contributed by atoms with van der Waals surface area (Å²) < 4.78 is 11.3. The van der Waals surface area contributed by atoms with Crippen LogP contribution in [0.1, 0.15) is 24.8 Å². The van der Waals surface area contributed by atoms with Crippen molar-refractivity contribution >= 4 is 27.8 Å². The Hall–Kier alpha value is -1.66. The highest BCUT2D eigenvalue weighted by Crippen LogP contribution is 2.38. The van der Waals surface area contributed by atoms with E-state index < -0.39 is 11.9 Å². The van der Waals surface area contributed by atoms with Crippen LogP contribution in [0.4, 0.5) is 0 Å². The van der Waals surface area contributed by atoms with E-state index in [0.717, 1.165) is 10.0 Å². The molecular formula is C17H20BrNO4. The number of carbonyl (C=O) groups excluding carboxylic acids is 2. The lowest BCUT2D eigenvalue weighted by atomic mass is 9.79. The van der Waals surface area contributed by atoms with Gasteiger partial charge in [-0.2, -0.15) is 0 Å². The van der Waals surface area contributed by atoms with Crippen LogP contribution in [0.15, 0.2) is 41.0 Å².